The van der Waals surface area contributed by atoms with Crippen LogP contribution in [0, 0.1) is 6.92 Å². The zero-order valence-corrected chi connectivity index (χ0v) is 13.5. The van der Waals surface area contributed by atoms with Crippen LogP contribution in [0.2, 0.25) is 0 Å². The number of aryl methyl sites for hydroxylation is 1. The van der Waals surface area contributed by atoms with Crippen LogP contribution in [0.4, 0.5) is 18.9 Å². The number of pyridine rings is 1. The van der Waals surface area contributed by atoms with Gasteiger partial charge in [-0.15, -0.1) is 0 Å². The molecule has 0 spiro atoms. The van der Waals surface area contributed by atoms with Crippen molar-refractivity contribution in [3.8, 4) is 0 Å². The van der Waals surface area contributed by atoms with Gasteiger partial charge in [-0.2, -0.15) is 13.2 Å². The van der Waals surface area contributed by atoms with Gasteiger partial charge in [-0.25, -0.2) is 4.98 Å². The highest BCUT2D eigenvalue weighted by Gasteiger charge is 2.34. The molecule has 3 rings (SSSR count). The molecular formula is C17H10ClF3N2O2. The number of benzene rings is 1. The average Bonchev–Trinajstić information content (AvgIpc) is 2.56. The van der Waals surface area contributed by atoms with Crippen LogP contribution in [-0.2, 0) is 6.18 Å². The minimum Gasteiger partial charge on any atom is -0.351 e. The molecule has 1 N–H and O–H groups in total. The number of anilines is 1. The van der Waals surface area contributed by atoms with Gasteiger partial charge in [0.15, 0.2) is 0 Å². The molecular weight excluding hydrogens is 357 g/mol. The predicted octanol–water partition coefficient (Wildman–Crippen LogP) is 4.35. The van der Waals surface area contributed by atoms with Gasteiger partial charge in [-0.05, 0) is 37.3 Å². The minimum absolute atomic E-state index is 0.00681. The largest absolute Gasteiger partial charge is 0.416 e. The highest BCUT2D eigenvalue weighted by Crippen LogP contribution is 2.33. The van der Waals surface area contributed by atoms with Gasteiger partial charge in [0.2, 0.25) is 11.6 Å². The molecule has 0 saturated carbocycles. The fourth-order valence-corrected chi connectivity index (χ4v) is 2.62. The second-order valence-corrected chi connectivity index (χ2v) is 5.78. The van der Waals surface area contributed by atoms with E-state index in [1.54, 1.807) is 13.0 Å². The number of carbonyl (C=O) groups excluding carboxylic acids is 2. The molecule has 2 aromatic rings. The van der Waals surface area contributed by atoms with Crippen LogP contribution in [0.1, 0.15) is 32.1 Å². The van der Waals surface area contributed by atoms with E-state index in [0.717, 1.165) is 12.1 Å². The van der Waals surface area contributed by atoms with Crippen LogP contribution >= 0.6 is 11.6 Å². The third-order valence-corrected chi connectivity index (χ3v) is 3.96. The highest BCUT2D eigenvalue weighted by molar-refractivity contribution is 6.50. The average molecular weight is 367 g/mol. The fraction of sp³-hybridized carbons (Fsp3) is 0.118. The van der Waals surface area contributed by atoms with Crippen molar-refractivity contribution in [1.29, 1.82) is 0 Å². The Morgan fingerprint density at radius 1 is 1.08 bits per heavy atom. The lowest BCUT2D eigenvalue weighted by molar-refractivity contribution is -0.137. The first kappa shape index (κ1) is 17.2. The predicted molar refractivity (Wildman–Crippen MR) is 85.6 cm³/mol. The molecule has 8 heteroatoms. The molecule has 0 amide bonds. The number of alkyl halides is 3. The SMILES string of the molecule is Cc1ccc2c(n1)C(=O)C(Cl)=C(Nc1cccc(C(F)(F)F)c1)C2=O. The van der Waals surface area contributed by atoms with Gasteiger partial charge < -0.3 is 5.32 Å². The van der Waals surface area contributed by atoms with E-state index in [9.17, 15) is 22.8 Å². The first-order valence-electron chi connectivity index (χ1n) is 7.09. The molecule has 0 saturated heterocycles. The minimum atomic E-state index is -4.53. The molecule has 128 valence electrons. The number of hydrogen-bond donors (Lipinski definition) is 1. The quantitative estimate of drug-likeness (QED) is 0.858. The number of nitrogens with one attached hydrogen (secondary N) is 1. The van der Waals surface area contributed by atoms with Crippen LogP contribution in [0.3, 0.4) is 0 Å². The molecule has 25 heavy (non-hydrogen) atoms. The summed E-state index contributed by atoms with van der Waals surface area (Å²) in [5.41, 5.74) is -0.643. The van der Waals surface area contributed by atoms with E-state index in [-0.39, 0.29) is 22.6 Å². The molecule has 0 aliphatic heterocycles. The lowest BCUT2D eigenvalue weighted by Gasteiger charge is -2.19. The third-order valence-electron chi connectivity index (χ3n) is 3.60. The Morgan fingerprint density at radius 2 is 1.80 bits per heavy atom. The Morgan fingerprint density at radius 3 is 2.48 bits per heavy atom. The van der Waals surface area contributed by atoms with Crippen molar-refractivity contribution in [1.82, 2.24) is 4.98 Å². The fourth-order valence-electron chi connectivity index (χ4n) is 2.39. The Hall–Kier alpha value is -2.67. The van der Waals surface area contributed by atoms with Gasteiger partial charge >= 0.3 is 6.18 Å². The summed E-state index contributed by atoms with van der Waals surface area (Å²) in [6.45, 7) is 1.66. The third kappa shape index (κ3) is 3.15. The monoisotopic (exact) mass is 366 g/mol. The van der Waals surface area contributed by atoms with E-state index in [4.69, 9.17) is 11.6 Å². The summed E-state index contributed by atoms with van der Waals surface area (Å²) in [5.74, 6) is -1.26. The molecule has 0 unspecified atom stereocenters. The molecule has 0 fully saturated rings. The van der Waals surface area contributed by atoms with Gasteiger partial charge in [0.1, 0.15) is 16.4 Å². The summed E-state index contributed by atoms with van der Waals surface area (Å²) >= 11 is 5.97. The van der Waals surface area contributed by atoms with E-state index < -0.39 is 28.3 Å². The molecule has 1 aliphatic rings. The normalized spacial score (nSPS) is 14.6. The molecule has 1 heterocycles. The Bertz CT molecular complexity index is 936. The molecule has 4 nitrogen and oxygen atoms in total. The Kier molecular flexibility index (Phi) is 4.12. The van der Waals surface area contributed by atoms with Gasteiger partial charge in [0.25, 0.3) is 0 Å². The lowest BCUT2D eigenvalue weighted by Crippen LogP contribution is -2.25. The topological polar surface area (TPSA) is 59.1 Å². The number of hydrogen-bond acceptors (Lipinski definition) is 4. The number of nitrogens with zero attached hydrogens (tertiary/aromatic N) is 1. The summed E-state index contributed by atoms with van der Waals surface area (Å²) in [5, 5.41) is 2.12. The van der Waals surface area contributed by atoms with Crippen LogP contribution in [0.25, 0.3) is 0 Å². The maximum atomic E-state index is 12.8. The van der Waals surface area contributed by atoms with Crippen molar-refractivity contribution in [2.24, 2.45) is 0 Å². The van der Waals surface area contributed by atoms with Crippen LogP contribution in [0.5, 0.6) is 0 Å². The summed E-state index contributed by atoms with van der Waals surface area (Å²) in [6, 6.07) is 7.26. The van der Waals surface area contributed by atoms with Crippen molar-refractivity contribution >= 4 is 28.9 Å². The summed E-state index contributed by atoms with van der Waals surface area (Å²) < 4.78 is 38.4. The molecule has 0 atom stereocenters. The summed E-state index contributed by atoms with van der Waals surface area (Å²) in [7, 11) is 0. The number of fused-ring (bicyclic) bond motifs is 1. The van der Waals surface area contributed by atoms with Crippen molar-refractivity contribution < 1.29 is 22.8 Å². The Balaban J connectivity index is 2.01. The molecule has 1 aliphatic carbocycles. The number of aromatic nitrogens is 1. The van der Waals surface area contributed by atoms with Gasteiger partial charge in [-0.3, -0.25) is 9.59 Å². The first-order valence-corrected chi connectivity index (χ1v) is 7.47. The number of halogens is 4. The highest BCUT2D eigenvalue weighted by atomic mass is 35.5. The Labute approximate surface area is 145 Å². The molecule has 1 aromatic carbocycles. The number of ketones is 2. The van der Waals surface area contributed by atoms with Gasteiger partial charge in [0.05, 0.1) is 11.1 Å². The van der Waals surface area contributed by atoms with Gasteiger partial charge in [0, 0.05) is 11.4 Å². The maximum absolute atomic E-state index is 12.8. The van der Waals surface area contributed by atoms with Crippen LogP contribution < -0.4 is 5.32 Å². The van der Waals surface area contributed by atoms with E-state index >= 15 is 0 Å². The van der Waals surface area contributed by atoms with E-state index in [1.807, 2.05) is 0 Å². The zero-order chi connectivity index (χ0) is 18.4. The zero-order valence-electron chi connectivity index (χ0n) is 12.7. The first-order chi connectivity index (χ1) is 11.7. The number of rotatable bonds is 2. The summed E-state index contributed by atoms with van der Waals surface area (Å²) in [6.07, 6.45) is -4.53. The number of Topliss-reactive ketones (excluding diaryl/α,β-unsaturated/α-hetero) is 2. The van der Waals surface area contributed by atoms with Crippen LogP contribution in [0.15, 0.2) is 47.1 Å². The van der Waals surface area contributed by atoms with E-state index in [1.165, 1.54) is 18.2 Å². The second kappa shape index (κ2) is 6.00. The van der Waals surface area contributed by atoms with Crippen molar-refractivity contribution in [2.45, 2.75) is 13.1 Å². The smallest absolute Gasteiger partial charge is 0.351 e. The van der Waals surface area contributed by atoms with Gasteiger partial charge in [-0.1, -0.05) is 17.7 Å². The molecule has 0 radical (unpaired) electrons. The number of allylic oxidation sites excluding steroid dienone is 2. The lowest BCUT2D eigenvalue weighted by atomic mass is 9.96. The maximum Gasteiger partial charge on any atom is 0.416 e. The van der Waals surface area contributed by atoms with E-state index in [2.05, 4.69) is 10.3 Å². The van der Waals surface area contributed by atoms with Crippen molar-refractivity contribution in [2.75, 3.05) is 5.32 Å². The standard InChI is InChI=1S/C17H10ClF3N2O2/c1-8-5-6-11-13(22-8)16(25)12(18)14(15(11)24)23-10-4-2-3-9(7-10)17(19,20)21/h2-7,23H,1H3. The van der Waals surface area contributed by atoms with E-state index in [0.29, 0.717) is 5.69 Å². The number of carbonyl (C=O) groups is 2. The van der Waals surface area contributed by atoms with Crippen molar-refractivity contribution in [3.05, 3.63) is 69.6 Å². The van der Waals surface area contributed by atoms with Crippen LogP contribution in [-0.4, -0.2) is 16.6 Å². The summed E-state index contributed by atoms with van der Waals surface area (Å²) in [4.78, 5) is 28.9. The molecule has 0 bridgehead atoms. The second-order valence-electron chi connectivity index (χ2n) is 5.40. The molecule has 1 aromatic heterocycles. The van der Waals surface area contributed by atoms with Crippen molar-refractivity contribution in [3.63, 3.8) is 0 Å².